The third-order valence-electron chi connectivity index (χ3n) is 4.33. The van der Waals surface area contributed by atoms with Crippen molar-refractivity contribution in [1.29, 1.82) is 0 Å². The fraction of sp³-hybridized carbons (Fsp3) is 0.211. The average Bonchev–Trinajstić information content (AvgIpc) is 3.02. The molecular weight excluding hydrogens is 406 g/mol. The molecule has 0 bridgehead atoms. The van der Waals surface area contributed by atoms with Gasteiger partial charge in [0, 0.05) is 24.4 Å². The molecule has 0 radical (unpaired) electrons. The molecule has 0 amide bonds. The Morgan fingerprint density at radius 3 is 2.56 bits per heavy atom. The molecule has 0 saturated carbocycles. The van der Waals surface area contributed by atoms with Gasteiger partial charge >= 0.3 is 0 Å². The normalized spacial score (nSPS) is 17.3. The van der Waals surface area contributed by atoms with Crippen molar-refractivity contribution in [2.24, 2.45) is 4.99 Å². The van der Waals surface area contributed by atoms with Crippen LogP contribution in [0.25, 0.3) is 0 Å². The van der Waals surface area contributed by atoms with Gasteiger partial charge < -0.3 is 4.90 Å². The van der Waals surface area contributed by atoms with Gasteiger partial charge in [0.05, 0.1) is 5.92 Å². The lowest BCUT2D eigenvalue weighted by atomic mass is 9.87. The van der Waals surface area contributed by atoms with Crippen LogP contribution < -0.4 is 0 Å². The minimum atomic E-state index is -0.291. The molecule has 2 aliphatic rings. The molecule has 0 spiro atoms. The molecule has 0 saturated heterocycles. The van der Waals surface area contributed by atoms with E-state index < -0.39 is 0 Å². The highest BCUT2D eigenvalue weighted by Gasteiger charge is 2.33. The maximum Gasteiger partial charge on any atom is 0.167 e. The second kappa shape index (κ2) is 7.70. The van der Waals surface area contributed by atoms with Crippen molar-refractivity contribution < 1.29 is 8.78 Å². The molecule has 2 aliphatic heterocycles. The van der Waals surface area contributed by atoms with Gasteiger partial charge in [0.15, 0.2) is 5.17 Å². The first-order chi connectivity index (χ1) is 11.7. The molecule has 0 aliphatic carbocycles. The van der Waals surface area contributed by atoms with Gasteiger partial charge in [-0.15, -0.1) is 17.0 Å². The molecule has 0 N–H and O–H groups in total. The van der Waals surface area contributed by atoms with Crippen molar-refractivity contribution in [2.75, 3.05) is 13.1 Å². The highest BCUT2D eigenvalue weighted by atomic mass is 79.9. The Hall–Kier alpha value is -1.66. The van der Waals surface area contributed by atoms with E-state index in [-0.39, 0.29) is 34.5 Å². The molecule has 2 aromatic carbocycles. The number of hydrogen-bond donors (Lipinski definition) is 0. The van der Waals surface area contributed by atoms with E-state index in [1.807, 2.05) is 11.5 Å². The lowest BCUT2D eigenvalue weighted by Gasteiger charge is -2.31. The number of halogens is 3. The standard InChI is InChI=1S/C19H16F2N2S.BrH/c20-14-8-6-13(7-9-14)18(15-4-1-2-5-16(15)21)17-12-24-19-22-10-3-11-23(17)19;/h1-2,4-9,12,18H,3,10-11H2;1H. The van der Waals surface area contributed by atoms with E-state index in [9.17, 15) is 8.78 Å². The van der Waals surface area contributed by atoms with Gasteiger partial charge in [-0.1, -0.05) is 42.1 Å². The fourth-order valence-corrected chi connectivity index (χ4v) is 4.18. The molecule has 6 heteroatoms. The van der Waals surface area contributed by atoms with Crippen LogP contribution in [-0.2, 0) is 0 Å². The molecule has 2 aromatic rings. The van der Waals surface area contributed by atoms with Gasteiger partial charge in [0.1, 0.15) is 11.6 Å². The number of benzene rings is 2. The van der Waals surface area contributed by atoms with Crippen molar-refractivity contribution in [2.45, 2.75) is 12.3 Å². The van der Waals surface area contributed by atoms with Crippen LogP contribution in [0.15, 0.2) is 64.6 Å². The summed E-state index contributed by atoms with van der Waals surface area (Å²) in [5.41, 5.74) is 2.48. The van der Waals surface area contributed by atoms with Crippen molar-refractivity contribution in [3.8, 4) is 0 Å². The summed E-state index contributed by atoms with van der Waals surface area (Å²) in [7, 11) is 0. The number of amidine groups is 1. The summed E-state index contributed by atoms with van der Waals surface area (Å²) < 4.78 is 27.9. The number of thioether (sulfide) groups is 1. The van der Waals surface area contributed by atoms with Gasteiger partial charge in [0.25, 0.3) is 0 Å². The van der Waals surface area contributed by atoms with E-state index in [1.54, 1.807) is 36.0 Å². The third-order valence-corrected chi connectivity index (χ3v) is 5.25. The molecule has 0 fully saturated rings. The number of rotatable bonds is 3. The molecule has 25 heavy (non-hydrogen) atoms. The van der Waals surface area contributed by atoms with Gasteiger partial charge in [0.2, 0.25) is 0 Å². The number of nitrogens with zero attached hydrogens (tertiary/aromatic N) is 2. The van der Waals surface area contributed by atoms with Crippen LogP contribution in [0, 0.1) is 11.6 Å². The molecule has 4 rings (SSSR count). The minimum absolute atomic E-state index is 0. The van der Waals surface area contributed by atoms with E-state index >= 15 is 0 Å². The fourth-order valence-electron chi connectivity index (χ4n) is 3.20. The number of hydrogen-bond acceptors (Lipinski definition) is 3. The maximum absolute atomic E-state index is 14.5. The van der Waals surface area contributed by atoms with E-state index in [0.29, 0.717) is 5.56 Å². The van der Waals surface area contributed by atoms with Crippen LogP contribution in [0.2, 0.25) is 0 Å². The zero-order valence-corrected chi connectivity index (χ0v) is 15.9. The van der Waals surface area contributed by atoms with Gasteiger partial charge in [-0.25, -0.2) is 8.78 Å². The highest BCUT2D eigenvalue weighted by Crippen LogP contribution is 2.41. The Morgan fingerprint density at radius 1 is 1.04 bits per heavy atom. The van der Waals surface area contributed by atoms with E-state index in [4.69, 9.17) is 0 Å². The van der Waals surface area contributed by atoms with Gasteiger partial charge in [-0.3, -0.25) is 4.99 Å². The highest BCUT2D eigenvalue weighted by molar-refractivity contribution is 8.93. The number of allylic oxidation sites excluding steroid dienone is 1. The first-order valence-corrected chi connectivity index (χ1v) is 8.80. The van der Waals surface area contributed by atoms with E-state index in [0.717, 1.165) is 35.9 Å². The zero-order chi connectivity index (χ0) is 16.5. The Labute approximate surface area is 160 Å². The van der Waals surface area contributed by atoms with E-state index in [2.05, 4.69) is 9.89 Å². The first kappa shape index (κ1) is 18.1. The monoisotopic (exact) mass is 422 g/mol. The molecule has 0 aromatic heterocycles. The van der Waals surface area contributed by atoms with Gasteiger partial charge in [-0.2, -0.15) is 0 Å². The molecular formula is C19H17BrF2N2S. The Bertz CT molecular complexity index is 820. The van der Waals surface area contributed by atoms with Gasteiger partial charge in [-0.05, 0) is 35.6 Å². The molecule has 1 atom stereocenters. The van der Waals surface area contributed by atoms with Crippen LogP contribution in [0.4, 0.5) is 8.78 Å². The third kappa shape index (κ3) is 3.51. The molecule has 2 heterocycles. The number of fused-ring (bicyclic) bond motifs is 1. The van der Waals surface area contributed by atoms with Crippen LogP contribution in [-0.4, -0.2) is 23.2 Å². The lowest BCUT2D eigenvalue weighted by molar-refractivity contribution is 0.461. The summed E-state index contributed by atoms with van der Waals surface area (Å²) in [6.45, 7) is 1.71. The Kier molecular flexibility index (Phi) is 5.59. The summed E-state index contributed by atoms with van der Waals surface area (Å²) in [5, 5.41) is 3.02. The molecule has 130 valence electrons. The van der Waals surface area contributed by atoms with Crippen LogP contribution in [0.1, 0.15) is 23.5 Å². The van der Waals surface area contributed by atoms with E-state index in [1.165, 1.54) is 18.2 Å². The van der Waals surface area contributed by atoms with Crippen molar-refractivity contribution in [3.63, 3.8) is 0 Å². The van der Waals surface area contributed by atoms with Crippen LogP contribution in [0.3, 0.4) is 0 Å². The number of aliphatic imine (C=N–C) groups is 1. The maximum atomic E-state index is 14.5. The minimum Gasteiger partial charge on any atom is -0.323 e. The average molecular weight is 423 g/mol. The second-order valence-corrected chi connectivity index (χ2v) is 6.67. The summed E-state index contributed by atoms with van der Waals surface area (Å²) in [6.07, 6.45) is 0.981. The van der Waals surface area contributed by atoms with Crippen LogP contribution in [0.5, 0.6) is 0 Å². The van der Waals surface area contributed by atoms with Crippen molar-refractivity contribution in [3.05, 3.63) is 82.4 Å². The predicted octanol–water partition coefficient (Wildman–Crippen LogP) is 5.32. The largest absolute Gasteiger partial charge is 0.323 e. The summed E-state index contributed by atoms with van der Waals surface area (Å²) in [5.74, 6) is -0.814. The summed E-state index contributed by atoms with van der Waals surface area (Å²) in [4.78, 5) is 6.71. The summed E-state index contributed by atoms with van der Waals surface area (Å²) in [6, 6.07) is 13.1. The smallest absolute Gasteiger partial charge is 0.167 e. The topological polar surface area (TPSA) is 15.6 Å². The lowest BCUT2D eigenvalue weighted by Crippen LogP contribution is -2.32. The molecule has 2 nitrogen and oxygen atoms in total. The first-order valence-electron chi connectivity index (χ1n) is 7.92. The Morgan fingerprint density at radius 2 is 1.80 bits per heavy atom. The second-order valence-electron chi connectivity index (χ2n) is 5.84. The zero-order valence-electron chi connectivity index (χ0n) is 13.4. The van der Waals surface area contributed by atoms with Crippen molar-refractivity contribution in [1.82, 2.24) is 4.90 Å². The van der Waals surface area contributed by atoms with Crippen molar-refractivity contribution >= 4 is 33.9 Å². The van der Waals surface area contributed by atoms with Crippen LogP contribution >= 0.6 is 28.7 Å². The SMILES string of the molecule is Br.Fc1ccc(C(C2=CSC3=NCCCN23)c2ccccc2F)cc1. The predicted molar refractivity (Wildman–Crippen MR) is 104 cm³/mol. The Balaban J connectivity index is 0.00000182. The quantitative estimate of drug-likeness (QED) is 0.664. The molecule has 1 unspecified atom stereocenters. The summed E-state index contributed by atoms with van der Waals surface area (Å²) >= 11 is 1.58.